The summed E-state index contributed by atoms with van der Waals surface area (Å²) in [5.74, 6) is -0.146. The predicted octanol–water partition coefficient (Wildman–Crippen LogP) is 14.3. The van der Waals surface area contributed by atoms with Crippen molar-refractivity contribution >= 4 is 56.1 Å². The number of alkyl halides is 1. The van der Waals surface area contributed by atoms with Crippen molar-refractivity contribution < 1.29 is 75.9 Å². The number of nitrogens with two attached hydrogens (primary N) is 1. The van der Waals surface area contributed by atoms with Gasteiger partial charge >= 0.3 is 11.9 Å². The molecule has 0 amide bonds. The molecule has 0 aromatic heterocycles. The number of ether oxygens (including phenoxy) is 6. The van der Waals surface area contributed by atoms with Gasteiger partial charge < -0.3 is 47.9 Å². The van der Waals surface area contributed by atoms with E-state index in [1.807, 2.05) is 48.5 Å². The molecule has 18 heteroatoms. The molecule has 0 aromatic rings. The molecule has 0 aliphatic carbocycles. The molecule has 4 rings (SSSR count). The van der Waals surface area contributed by atoms with Crippen molar-refractivity contribution in [3.05, 3.63) is 23.2 Å². The van der Waals surface area contributed by atoms with E-state index in [1.54, 1.807) is 0 Å². The topological polar surface area (TPSA) is 172 Å². The maximum absolute atomic E-state index is 12.1. The Balaban J connectivity index is 0. The van der Waals surface area contributed by atoms with E-state index in [9.17, 15) is 19.2 Å². The number of halogens is 1. The molecular formula is C60H113BrN2O12Si2Zn. The fourth-order valence-electron chi connectivity index (χ4n) is 9.02. The summed E-state index contributed by atoms with van der Waals surface area (Å²) in [5.41, 5.74) is 4.87. The normalized spacial score (nSPS) is 26.2. The summed E-state index contributed by atoms with van der Waals surface area (Å²) in [6.45, 7) is 50.1. The summed E-state index contributed by atoms with van der Waals surface area (Å²) in [5, 5.41) is 0.706. The van der Waals surface area contributed by atoms with Crippen molar-refractivity contribution in [3.8, 4) is 0 Å². The van der Waals surface area contributed by atoms with E-state index in [4.69, 9.17) is 49.6 Å². The van der Waals surface area contributed by atoms with Crippen LogP contribution in [0.25, 0.3) is 4.85 Å². The largest absolute Gasteiger partial charge is 0.465 e. The summed E-state index contributed by atoms with van der Waals surface area (Å²) in [4.78, 5) is 49.0. The molecule has 2 unspecified atom stereocenters. The van der Waals surface area contributed by atoms with E-state index >= 15 is 0 Å². The minimum atomic E-state index is -1.99. The number of nitrogens with zero attached hydrogens (tertiary/aromatic N) is 1. The number of allylic oxidation sites excluding steroid dienone is 2. The SMILES string of the molecule is C.C.CC(=O)/C=C(\N)[C@H](C)CC1CC[C@@H]2O[C@@H](CCCOC(=O)C(C)(C)C)C[C@]2(CO[Si](C)(C)C(C)(C)C)O1.CC(=O)CBr.[C-]#[N+][C@H](C)CC1CC[C@@H]2O[C@@H](CCCOC(=O)C(C)(C)C)C[C@]2(CO[Si](C)(C)C(C)(C)C)O1.[Zn]. The Morgan fingerprint density at radius 3 is 1.35 bits per heavy atom. The van der Waals surface area contributed by atoms with E-state index in [-0.39, 0.29) is 116 Å². The fourth-order valence-corrected chi connectivity index (χ4v) is 11.1. The van der Waals surface area contributed by atoms with Gasteiger partial charge in [0.05, 0.1) is 79.2 Å². The molecule has 4 saturated heterocycles. The number of ketones is 2. The number of carbonyl (C=O) groups is 4. The number of carbonyl (C=O) groups excluding carboxylic acids is 4. The minimum absolute atomic E-state index is 0. The van der Waals surface area contributed by atoms with Gasteiger partial charge in [0.1, 0.15) is 17.0 Å². The second-order valence-corrected chi connectivity index (χ2v) is 37.4. The summed E-state index contributed by atoms with van der Waals surface area (Å²) >= 11 is 2.96. The van der Waals surface area contributed by atoms with E-state index < -0.39 is 38.7 Å². The van der Waals surface area contributed by atoms with Crippen molar-refractivity contribution in [1.29, 1.82) is 0 Å². The number of fused-ring (bicyclic) bond motifs is 2. The molecular weight excluding hydrogens is 1140 g/mol. The van der Waals surface area contributed by atoms with Crippen LogP contribution in [0.5, 0.6) is 0 Å². The molecule has 452 valence electrons. The van der Waals surface area contributed by atoms with Gasteiger partial charge in [0.25, 0.3) is 0 Å². The van der Waals surface area contributed by atoms with Crippen molar-refractivity contribution in [3.63, 3.8) is 0 Å². The van der Waals surface area contributed by atoms with Crippen molar-refractivity contribution in [1.82, 2.24) is 0 Å². The predicted molar refractivity (Wildman–Crippen MR) is 321 cm³/mol. The minimum Gasteiger partial charge on any atom is -0.465 e. The molecule has 4 aliphatic heterocycles. The molecule has 10 atom stereocenters. The number of hydrogen-bond donors (Lipinski definition) is 1. The van der Waals surface area contributed by atoms with E-state index in [2.05, 4.69) is 95.4 Å². The first-order valence-electron chi connectivity index (χ1n) is 27.9. The number of esters is 2. The number of rotatable bonds is 21. The van der Waals surface area contributed by atoms with Gasteiger partial charge in [0, 0.05) is 51.4 Å². The van der Waals surface area contributed by atoms with Crippen LogP contribution < -0.4 is 5.73 Å². The van der Waals surface area contributed by atoms with Crippen LogP contribution in [0.2, 0.25) is 36.3 Å². The van der Waals surface area contributed by atoms with Gasteiger partial charge in [0.15, 0.2) is 22.4 Å². The average Bonchev–Trinajstić information content (AvgIpc) is 3.84. The zero-order valence-electron chi connectivity index (χ0n) is 51.2. The van der Waals surface area contributed by atoms with Crippen LogP contribution in [0.4, 0.5) is 0 Å². The molecule has 0 radical (unpaired) electrons. The second kappa shape index (κ2) is 33.2. The van der Waals surface area contributed by atoms with E-state index in [0.717, 1.165) is 77.0 Å². The Morgan fingerprint density at radius 1 is 0.679 bits per heavy atom. The van der Waals surface area contributed by atoms with Gasteiger partial charge in [-0.2, -0.15) is 0 Å². The van der Waals surface area contributed by atoms with Crippen molar-refractivity contribution in [2.24, 2.45) is 22.5 Å². The van der Waals surface area contributed by atoms with Crippen LogP contribution in [0.3, 0.4) is 0 Å². The third kappa shape index (κ3) is 25.2. The van der Waals surface area contributed by atoms with Gasteiger partial charge in [-0.15, -0.1) is 0 Å². The van der Waals surface area contributed by atoms with Gasteiger partial charge in [-0.3, -0.25) is 19.2 Å². The molecule has 78 heavy (non-hydrogen) atoms. The first-order chi connectivity index (χ1) is 34.2. The van der Waals surface area contributed by atoms with Crippen LogP contribution in [-0.4, -0.2) is 126 Å². The third-order valence-corrected chi connectivity index (χ3v) is 25.7. The van der Waals surface area contributed by atoms with Crippen LogP contribution >= 0.6 is 15.9 Å². The molecule has 0 saturated carbocycles. The molecule has 4 heterocycles. The zero-order valence-corrected chi connectivity index (χ0v) is 57.8. The fraction of sp³-hybridized carbons (Fsp3) is 0.883. The molecule has 4 aliphatic rings. The van der Waals surface area contributed by atoms with Crippen molar-refractivity contribution in [2.45, 2.75) is 293 Å². The second-order valence-electron chi connectivity index (χ2n) is 27.3. The maximum Gasteiger partial charge on any atom is 0.311 e. The first kappa shape index (κ1) is 78.7. The van der Waals surface area contributed by atoms with Crippen LogP contribution in [0.1, 0.15) is 203 Å². The molecule has 2 N–H and O–H groups in total. The number of Topliss-reactive ketones (excluding diaryl/α,β-unsaturated/α-hetero) is 1. The Bertz CT molecular complexity index is 1920. The van der Waals surface area contributed by atoms with Gasteiger partial charge in [-0.1, -0.05) is 79.2 Å². The van der Waals surface area contributed by atoms with Gasteiger partial charge in [-0.05, 0) is 161 Å². The summed E-state index contributed by atoms with van der Waals surface area (Å²) < 4.78 is 50.9. The van der Waals surface area contributed by atoms with Crippen LogP contribution in [0, 0.1) is 23.3 Å². The van der Waals surface area contributed by atoms with Crippen LogP contribution in [0.15, 0.2) is 11.8 Å². The van der Waals surface area contributed by atoms with Crippen LogP contribution in [-0.2, 0) is 75.9 Å². The molecule has 0 aromatic carbocycles. The summed E-state index contributed by atoms with van der Waals surface area (Å²) in [6.07, 6.45) is 11.6. The Labute approximate surface area is 499 Å². The monoisotopic (exact) mass is 1250 g/mol. The van der Waals surface area contributed by atoms with Crippen molar-refractivity contribution in [2.75, 3.05) is 31.8 Å². The smallest absolute Gasteiger partial charge is 0.311 e. The number of hydrogen-bond acceptors (Lipinski definition) is 13. The Hall–Kier alpha value is -1.39. The Kier molecular flexibility index (Phi) is 33.5. The molecule has 4 fully saturated rings. The molecule has 0 spiro atoms. The third-order valence-electron chi connectivity index (χ3n) is 15.9. The summed E-state index contributed by atoms with van der Waals surface area (Å²) in [6, 6.07) is -0.0412. The first-order valence-corrected chi connectivity index (χ1v) is 34.9. The average molecular weight is 1260 g/mol. The standard InChI is InChI=1S/C29H53NO6Si.C26H47NO5Si.C3H5BrO.2CH4.Zn/c1-20(24(30)17-21(2)31)16-22-13-14-25-29(36-22,19-34-37(9,10)28(6,7)8)18-23(35-25)12-11-15-33-26(32)27(3,4)5;1-19(27-8)16-20-13-14-22-26(32-20,18-30-33(9,10)25(5,6)7)17-21(31-22)12-11-15-29-23(28)24(2,3)4;1-3(5)2-4;;;/h17,20,22-23,25H,11-16,18-19,30H2,1-10H3;19-22H,11-18H2,1-7,9-10H3;2H2,1H3;2*1H4;/b24-17-;;;;;/t20-,22?,23+,25+,29-;19-,20?,21+,22+,26-;;;;/m11..../s1. The van der Waals surface area contributed by atoms with E-state index in [1.165, 1.54) is 19.9 Å². The van der Waals surface area contributed by atoms with Gasteiger partial charge in [0.2, 0.25) is 6.04 Å². The van der Waals surface area contributed by atoms with E-state index in [0.29, 0.717) is 37.5 Å². The molecule has 14 nitrogen and oxygen atoms in total. The zero-order chi connectivity index (χ0) is 57.6. The quantitative estimate of drug-likeness (QED) is 0.0288. The molecule has 0 bridgehead atoms. The summed E-state index contributed by atoms with van der Waals surface area (Å²) in [7, 11) is -3.93. The Morgan fingerprint density at radius 2 is 1.04 bits per heavy atom. The maximum atomic E-state index is 12.1. The van der Waals surface area contributed by atoms with Gasteiger partial charge in [-0.25, -0.2) is 6.57 Å².